The highest BCUT2D eigenvalue weighted by molar-refractivity contribution is 6.08. The van der Waals surface area contributed by atoms with Crippen LogP contribution in [0.3, 0.4) is 0 Å². The van der Waals surface area contributed by atoms with E-state index in [4.69, 9.17) is 9.47 Å². The first kappa shape index (κ1) is 18.3. The molecule has 6 heteroatoms. The van der Waals surface area contributed by atoms with Crippen molar-refractivity contribution in [3.8, 4) is 11.5 Å². The molecule has 0 radical (unpaired) electrons. The van der Waals surface area contributed by atoms with Crippen LogP contribution >= 0.6 is 0 Å². The van der Waals surface area contributed by atoms with Gasteiger partial charge in [-0.1, -0.05) is 25.1 Å². The van der Waals surface area contributed by atoms with E-state index in [0.717, 1.165) is 17.7 Å². The molecule has 25 heavy (non-hydrogen) atoms. The molecule has 0 spiro atoms. The maximum absolute atomic E-state index is 12.1. The van der Waals surface area contributed by atoms with Crippen LogP contribution in [-0.2, 0) is 16.0 Å². The lowest BCUT2D eigenvalue weighted by Crippen LogP contribution is -2.22. The topological polar surface area (TPSA) is 76.7 Å². The van der Waals surface area contributed by atoms with Crippen LogP contribution in [0, 0.1) is 0 Å². The van der Waals surface area contributed by atoms with Crippen molar-refractivity contribution in [1.29, 1.82) is 0 Å². The van der Waals surface area contributed by atoms with E-state index in [2.05, 4.69) is 10.6 Å². The van der Waals surface area contributed by atoms with Crippen molar-refractivity contribution in [3.63, 3.8) is 0 Å². The lowest BCUT2D eigenvalue weighted by Gasteiger charge is -2.11. The summed E-state index contributed by atoms with van der Waals surface area (Å²) < 4.78 is 10.3. The molecule has 0 aliphatic heterocycles. The average Bonchev–Trinajstić information content (AvgIpc) is 2.61. The zero-order valence-electron chi connectivity index (χ0n) is 14.6. The normalized spacial score (nSPS) is 10.0. The van der Waals surface area contributed by atoms with Crippen LogP contribution in [0.5, 0.6) is 11.5 Å². The quantitative estimate of drug-likeness (QED) is 0.758. The van der Waals surface area contributed by atoms with Gasteiger partial charge in [0.2, 0.25) is 11.8 Å². The second-order valence-corrected chi connectivity index (χ2v) is 5.35. The maximum atomic E-state index is 12.1. The van der Waals surface area contributed by atoms with Gasteiger partial charge in [-0.25, -0.2) is 0 Å². The number of ether oxygens (including phenoxy) is 2. The molecule has 6 nitrogen and oxygen atoms in total. The van der Waals surface area contributed by atoms with E-state index in [1.54, 1.807) is 18.2 Å². The smallest absolute Gasteiger partial charge is 0.233 e. The lowest BCUT2D eigenvalue weighted by atomic mass is 10.1. The molecule has 0 atom stereocenters. The predicted molar refractivity (Wildman–Crippen MR) is 97.2 cm³/mol. The summed E-state index contributed by atoms with van der Waals surface area (Å²) in [6, 6.07) is 12.5. The number of carbonyl (C=O) groups excluding carboxylic acids is 2. The van der Waals surface area contributed by atoms with Gasteiger partial charge < -0.3 is 20.1 Å². The van der Waals surface area contributed by atoms with Crippen molar-refractivity contribution in [1.82, 2.24) is 0 Å². The molecule has 0 saturated heterocycles. The van der Waals surface area contributed by atoms with Crippen LogP contribution in [0.15, 0.2) is 42.5 Å². The molecule has 0 fully saturated rings. The van der Waals surface area contributed by atoms with E-state index in [1.165, 1.54) is 14.2 Å². The van der Waals surface area contributed by atoms with Crippen molar-refractivity contribution < 1.29 is 19.1 Å². The fourth-order valence-corrected chi connectivity index (χ4v) is 2.41. The van der Waals surface area contributed by atoms with Crippen LogP contribution in [0.25, 0.3) is 0 Å². The number of nitrogens with one attached hydrogen (secondary N) is 2. The molecule has 0 saturated carbocycles. The molecule has 0 unspecified atom stereocenters. The number of carbonyl (C=O) groups is 2. The zero-order chi connectivity index (χ0) is 18.2. The van der Waals surface area contributed by atoms with E-state index < -0.39 is 5.91 Å². The van der Waals surface area contributed by atoms with Gasteiger partial charge in [-0.3, -0.25) is 9.59 Å². The average molecular weight is 342 g/mol. The Kier molecular flexibility index (Phi) is 6.39. The van der Waals surface area contributed by atoms with E-state index in [-0.39, 0.29) is 12.3 Å². The summed E-state index contributed by atoms with van der Waals surface area (Å²) in [6.07, 6.45) is 0.528. The third kappa shape index (κ3) is 4.97. The Balaban J connectivity index is 1.97. The third-order valence-corrected chi connectivity index (χ3v) is 3.66. The van der Waals surface area contributed by atoms with Crippen LogP contribution in [0.4, 0.5) is 11.4 Å². The van der Waals surface area contributed by atoms with E-state index in [1.807, 2.05) is 31.2 Å². The minimum absolute atomic E-state index is 0.271. The van der Waals surface area contributed by atoms with Crippen molar-refractivity contribution in [3.05, 3.63) is 48.0 Å². The van der Waals surface area contributed by atoms with Gasteiger partial charge in [0.1, 0.15) is 6.42 Å². The summed E-state index contributed by atoms with van der Waals surface area (Å²) in [7, 11) is 3.05. The molecular formula is C19H22N2O4. The molecule has 0 aromatic heterocycles. The molecule has 0 heterocycles. The first-order valence-corrected chi connectivity index (χ1v) is 7.97. The molecule has 0 aliphatic carbocycles. The molecule has 2 N–H and O–H groups in total. The second kappa shape index (κ2) is 8.73. The summed E-state index contributed by atoms with van der Waals surface area (Å²) in [4.78, 5) is 24.2. The summed E-state index contributed by atoms with van der Waals surface area (Å²) in [5, 5.41) is 5.45. The van der Waals surface area contributed by atoms with Gasteiger partial charge in [-0.15, -0.1) is 0 Å². The van der Waals surface area contributed by atoms with Crippen LogP contribution in [-0.4, -0.2) is 26.0 Å². The summed E-state index contributed by atoms with van der Waals surface area (Å²) in [5.74, 6) is 0.300. The number of amides is 2. The Morgan fingerprint density at radius 3 is 2.28 bits per heavy atom. The zero-order valence-corrected chi connectivity index (χ0v) is 14.6. The monoisotopic (exact) mass is 342 g/mol. The van der Waals surface area contributed by atoms with Gasteiger partial charge in [0.25, 0.3) is 0 Å². The Hall–Kier alpha value is -3.02. The van der Waals surface area contributed by atoms with Gasteiger partial charge in [-0.2, -0.15) is 0 Å². The molecule has 2 amide bonds. The second-order valence-electron chi connectivity index (χ2n) is 5.35. The molecule has 2 aromatic carbocycles. The number of methoxy groups -OCH3 is 2. The first-order valence-electron chi connectivity index (χ1n) is 7.97. The Bertz CT molecular complexity index is 759. The number of anilines is 2. The number of benzene rings is 2. The summed E-state index contributed by atoms with van der Waals surface area (Å²) in [6.45, 7) is 2.01. The minimum Gasteiger partial charge on any atom is -0.493 e. The number of hydrogen-bond acceptors (Lipinski definition) is 4. The van der Waals surface area contributed by atoms with Crippen LogP contribution < -0.4 is 20.1 Å². The molecule has 0 aliphatic rings. The SMILES string of the molecule is CCc1ccccc1NC(=O)CC(=O)Nc1ccc(OC)c(OC)c1. The van der Waals surface area contributed by atoms with E-state index in [9.17, 15) is 9.59 Å². The Morgan fingerprint density at radius 1 is 0.920 bits per heavy atom. The highest BCUT2D eigenvalue weighted by atomic mass is 16.5. The molecule has 2 aromatic rings. The van der Waals surface area contributed by atoms with Crippen molar-refractivity contribution in [2.45, 2.75) is 19.8 Å². The van der Waals surface area contributed by atoms with E-state index >= 15 is 0 Å². The van der Waals surface area contributed by atoms with Crippen LogP contribution in [0.2, 0.25) is 0 Å². The van der Waals surface area contributed by atoms with Gasteiger partial charge in [0.15, 0.2) is 11.5 Å². The van der Waals surface area contributed by atoms with Gasteiger partial charge in [0.05, 0.1) is 14.2 Å². The fourth-order valence-electron chi connectivity index (χ4n) is 2.41. The standard InChI is InChI=1S/C19H22N2O4/c1-4-13-7-5-6-8-15(13)21-19(23)12-18(22)20-14-9-10-16(24-2)17(11-14)25-3/h5-11H,4,12H2,1-3H3,(H,20,22)(H,21,23). The first-order chi connectivity index (χ1) is 12.1. The summed E-state index contributed by atoms with van der Waals surface area (Å²) in [5.41, 5.74) is 2.29. The van der Waals surface area contributed by atoms with Gasteiger partial charge >= 0.3 is 0 Å². The highest BCUT2D eigenvalue weighted by Gasteiger charge is 2.12. The molecular weight excluding hydrogens is 320 g/mol. The number of hydrogen-bond donors (Lipinski definition) is 2. The predicted octanol–water partition coefficient (Wildman–Crippen LogP) is 3.23. The Morgan fingerprint density at radius 2 is 1.60 bits per heavy atom. The fraction of sp³-hybridized carbons (Fsp3) is 0.263. The minimum atomic E-state index is -0.404. The number of para-hydroxylation sites is 1. The number of aryl methyl sites for hydroxylation is 1. The van der Waals surface area contributed by atoms with Crippen molar-refractivity contribution >= 4 is 23.2 Å². The lowest BCUT2D eigenvalue weighted by molar-refractivity contribution is -0.123. The Labute approximate surface area is 147 Å². The molecule has 132 valence electrons. The number of rotatable bonds is 7. The maximum Gasteiger partial charge on any atom is 0.233 e. The van der Waals surface area contributed by atoms with Gasteiger partial charge in [-0.05, 0) is 30.2 Å². The van der Waals surface area contributed by atoms with Crippen molar-refractivity contribution in [2.24, 2.45) is 0 Å². The van der Waals surface area contributed by atoms with E-state index in [0.29, 0.717) is 17.2 Å². The third-order valence-electron chi connectivity index (χ3n) is 3.66. The highest BCUT2D eigenvalue weighted by Crippen LogP contribution is 2.29. The van der Waals surface area contributed by atoms with Crippen molar-refractivity contribution in [2.75, 3.05) is 24.9 Å². The van der Waals surface area contributed by atoms with Crippen LogP contribution in [0.1, 0.15) is 18.9 Å². The largest absolute Gasteiger partial charge is 0.493 e. The molecule has 0 bridgehead atoms. The molecule has 2 rings (SSSR count). The van der Waals surface area contributed by atoms with Gasteiger partial charge in [0, 0.05) is 17.4 Å². The summed E-state index contributed by atoms with van der Waals surface area (Å²) >= 11 is 0.